The molecule has 0 aromatic carbocycles. The molecule has 1 amide bonds. The van der Waals surface area contributed by atoms with Gasteiger partial charge in [0, 0.05) is 25.0 Å². The molecule has 0 radical (unpaired) electrons. The van der Waals surface area contributed by atoms with Crippen LogP contribution in [0.15, 0.2) is 18.5 Å². The SMILES string of the molecule is CCC(CC)N(CCO)C(=O)c1ccncc1C#CCN. The summed E-state index contributed by atoms with van der Waals surface area (Å²) in [4.78, 5) is 18.5. The molecule has 0 bridgehead atoms. The minimum Gasteiger partial charge on any atom is -0.395 e. The molecular formula is C16H23N3O2. The van der Waals surface area contributed by atoms with E-state index in [0.717, 1.165) is 12.8 Å². The second-order valence-corrected chi connectivity index (χ2v) is 4.62. The maximum absolute atomic E-state index is 12.8. The summed E-state index contributed by atoms with van der Waals surface area (Å²) in [5, 5.41) is 9.23. The molecule has 0 saturated carbocycles. The number of pyridine rings is 1. The van der Waals surface area contributed by atoms with Gasteiger partial charge < -0.3 is 15.7 Å². The van der Waals surface area contributed by atoms with Crippen molar-refractivity contribution in [2.24, 2.45) is 5.73 Å². The van der Waals surface area contributed by atoms with E-state index < -0.39 is 0 Å². The number of amides is 1. The van der Waals surface area contributed by atoms with Gasteiger partial charge in [-0.2, -0.15) is 0 Å². The number of aliphatic hydroxyl groups excluding tert-OH is 1. The monoisotopic (exact) mass is 289 g/mol. The Balaban J connectivity index is 3.14. The summed E-state index contributed by atoms with van der Waals surface area (Å²) < 4.78 is 0. The van der Waals surface area contributed by atoms with Gasteiger partial charge in [-0.25, -0.2) is 0 Å². The van der Waals surface area contributed by atoms with E-state index in [2.05, 4.69) is 16.8 Å². The molecule has 21 heavy (non-hydrogen) atoms. The van der Waals surface area contributed by atoms with Crippen molar-refractivity contribution in [3.8, 4) is 11.8 Å². The van der Waals surface area contributed by atoms with Crippen molar-refractivity contribution in [3.63, 3.8) is 0 Å². The first-order valence-electron chi connectivity index (χ1n) is 7.24. The Hall–Kier alpha value is -1.90. The molecule has 0 fully saturated rings. The van der Waals surface area contributed by atoms with Gasteiger partial charge in [-0.1, -0.05) is 25.7 Å². The van der Waals surface area contributed by atoms with Gasteiger partial charge in [-0.15, -0.1) is 0 Å². The van der Waals surface area contributed by atoms with Gasteiger partial charge in [-0.05, 0) is 18.9 Å². The molecule has 0 aliphatic carbocycles. The highest BCUT2D eigenvalue weighted by Gasteiger charge is 2.23. The normalized spacial score (nSPS) is 10.1. The molecule has 1 heterocycles. The summed E-state index contributed by atoms with van der Waals surface area (Å²) in [7, 11) is 0. The van der Waals surface area contributed by atoms with Crippen molar-refractivity contribution < 1.29 is 9.90 Å². The van der Waals surface area contributed by atoms with Crippen molar-refractivity contribution in [1.82, 2.24) is 9.88 Å². The van der Waals surface area contributed by atoms with Crippen LogP contribution in [0.2, 0.25) is 0 Å². The van der Waals surface area contributed by atoms with E-state index in [4.69, 9.17) is 5.73 Å². The standard InChI is InChI=1S/C16H23N3O2/c1-3-14(4-2)19(10-11-20)16(21)15-7-9-18-12-13(15)6-5-8-17/h7,9,12,14,20H,3-4,8,10-11,17H2,1-2H3. The largest absolute Gasteiger partial charge is 0.395 e. The maximum Gasteiger partial charge on any atom is 0.255 e. The van der Waals surface area contributed by atoms with Gasteiger partial charge in [-0.3, -0.25) is 9.78 Å². The average molecular weight is 289 g/mol. The minimum absolute atomic E-state index is 0.0584. The summed E-state index contributed by atoms with van der Waals surface area (Å²) in [6.45, 7) is 4.56. The van der Waals surface area contributed by atoms with E-state index in [9.17, 15) is 9.90 Å². The minimum atomic E-state index is -0.124. The summed E-state index contributed by atoms with van der Waals surface area (Å²) in [5.41, 5.74) is 6.46. The van der Waals surface area contributed by atoms with Crippen LogP contribution in [0.1, 0.15) is 42.6 Å². The van der Waals surface area contributed by atoms with Crippen molar-refractivity contribution in [1.29, 1.82) is 0 Å². The molecule has 114 valence electrons. The fourth-order valence-corrected chi connectivity index (χ4v) is 2.27. The third-order valence-electron chi connectivity index (χ3n) is 3.36. The molecular weight excluding hydrogens is 266 g/mol. The Bertz CT molecular complexity index is 516. The Labute approximate surface area is 126 Å². The number of carbonyl (C=O) groups excluding carboxylic acids is 1. The first-order chi connectivity index (χ1) is 10.2. The van der Waals surface area contributed by atoms with E-state index in [1.165, 1.54) is 0 Å². The number of hydrogen-bond donors (Lipinski definition) is 2. The van der Waals surface area contributed by atoms with Crippen LogP contribution in [0, 0.1) is 11.8 Å². The lowest BCUT2D eigenvalue weighted by molar-refractivity contribution is 0.0622. The summed E-state index contributed by atoms with van der Waals surface area (Å²) in [6, 6.07) is 1.77. The number of aliphatic hydroxyl groups is 1. The summed E-state index contributed by atoms with van der Waals surface area (Å²) in [6.07, 6.45) is 4.83. The van der Waals surface area contributed by atoms with E-state index in [-0.39, 0.29) is 25.1 Å². The second kappa shape index (κ2) is 9.11. The predicted octanol–water partition coefficient (Wildman–Crippen LogP) is 1.01. The lowest BCUT2D eigenvalue weighted by Gasteiger charge is -2.30. The number of nitrogens with zero attached hydrogens (tertiary/aromatic N) is 2. The fraction of sp³-hybridized carbons (Fsp3) is 0.500. The molecule has 1 aromatic rings. The summed E-state index contributed by atoms with van der Waals surface area (Å²) >= 11 is 0. The van der Waals surface area contributed by atoms with E-state index in [1.807, 2.05) is 13.8 Å². The number of rotatable bonds is 6. The van der Waals surface area contributed by atoms with Crippen molar-refractivity contribution in [2.75, 3.05) is 19.7 Å². The Kier molecular flexibility index (Phi) is 7.44. The van der Waals surface area contributed by atoms with E-state index >= 15 is 0 Å². The van der Waals surface area contributed by atoms with Gasteiger partial charge in [0.2, 0.25) is 0 Å². The zero-order valence-electron chi connectivity index (χ0n) is 12.7. The molecule has 3 N–H and O–H groups in total. The van der Waals surface area contributed by atoms with Crippen LogP contribution in [-0.2, 0) is 0 Å². The fourth-order valence-electron chi connectivity index (χ4n) is 2.27. The number of carbonyl (C=O) groups is 1. The molecule has 0 aliphatic rings. The number of nitrogens with two attached hydrogens (primary N) is 1. The molecule has 5 nitrogen and oxygen atoms in total. The van der Waals surface area contributed by atoms with Crippen LogP contribution in [0.5, 0.6) is 0 Å². The van der Waals surface area contributed by atoms with Crippen LogP contribution in [0.4, 0.5) is 0 Å². The molecule has 1 rings (SSSR count). The van der Waals surface area contributed by atoms with E-state index in [1.54, 1.807) is 23.4 Å². The third-order valence-corrected chi connectivity index (χ3v) is 3.36. The van der Waals surface area contributed by atoms with Crippen molar-refractivity contribution >= 4 is 5.91 Å². The third kappa shape index (κ3) is 4.55. The zero-order chi connectivity index (χ0) is 15.7. The highest BCUT2D eigenvalue weighted by atomic mass is 16.3. The smallest absolute Gasteiger partial charge is 0.255 e. The van der Waals surface area contributed by atoms with Gasteiger partial charge in [0.05, 0.1) is 24.3 Å². The topological polar surface area (TPSA) is 79.5 Å². The predicted molar refractivity (Wildman–Crippen MR) is 82.7 cm³/mol. The molecule has 0 spiro atoms. The maximum atomic E-state index is 12.8. The average Bonchev–Trinajstić information content (AvgIpc) is 2.52. The van der Waals surface area contributed by atoms with E-state index in [0.29, 0.717) is 17.7 Å². The molecule has 0 unspecified atom stereocenters. The van der Waals surface area contributed by atoms with Gasteiger partial charge in [0.15, 0.2) is 0 Å². The summed E-state index contributed by atoms with van der Waals surface area (Å²) in [5.74, 6) is 5.50. The molecule has 0 aliphatic heterocycles. The van der Waals surface area contributed by atoms with Crippen LogP contribution >= 0.6 is 0 Å². The lowest BCUT2D eigenvalue weighted by atomic mass is 10.1. The molecule has 0 saturated heterocycles. The molecule has 1 aromatic heterocycles. The molecule has 0 atom stereocenters. The number of hydrogen-bond acceptors (Lipinski definition) is 4. The Morgan fingerprint density at radius 2 is 2.19 bits per heavy atom. The zero-order valence-corrected chi connectivity index (χ0v) is 12.7. The highest BCUT2D eigenvalue weighted by Crippen LogP contribution is 2.15. The number of aromatic nitrogens is 1. The first kappa shape index (κ1) is 17.2. The van der Waals surface area contributed by atoms with Gasteiger partial charge in [0.1, 0.15) is 0 Å². The van der Waals surface area contributed by atoms with Crippen LogP contribution in [-0.4, -0.2) is 46.6 Å². The Morgan fingerprint density at radius 3 is 2.76 bits per heavy atom. The van der Waals surface area contributed by atoms with Gasteiger partial charge >= 0.3 is 0 Å². The highest BCUT2D eigenvalue weighted by molar-refractivity contribution is 5.96. The first-order valence-corrected chi connectivity index (χ1v) is 7.24. The van der Waals surface area contributed by atoms with Crippen LogP contribution in [0.25, 0.3) is 0 Å². The second-order valence-electron chi connectivity index (χ2n) is 4.62. The quantitative estimate of drug-likeness (QED) is 0.766. The Morgan fingerprint density at radius 1 is 1.48 bits per heavy atom. The van der Waals surface area contributed by atoms with Crippen molar-refractivity contribution in [2.45, 2.75) is 32.7 Å². The molecule has 5 heteroatoms. The van der Waals surface area contributed by atoms with Crippen LogP contribution < -0.4 is 5.73 Å². The van der Waals surface area contributed by atoms with Gasteiger partial charge in [0.25, 0.3) is 5.91 Å². The van der Waals surface area contributed by atoms with Crippen molar-refractivity contribution in [3.05, 3.63) is 29.6 Å². The van der Waals surface area contributed by atoms with Crippen LogP contribution in [0.3, 0.4) is 0 Å². The lowest BCUT2D eigenvalue weighted by Crippen LogP contribution is -2.41.